The lowest BCUT2D eigenvalue weighted by molar-refractivity contribution is -0.158. The standard InChI is InChI=1S/C17H21NO4/c19-15(18-10-11-22-12-17(18)8-3-9-17)7-6-13-4-1-2-5-14(13)16(20)21/h1-2,4-5H,3,6-12H2,(H,20,21). The van der Waals surface area contributed by atoms with Crippen molar-refractivity contribution in [3.05, 3.63) is 35.4 Å². The van der Waals surface area contributed by atoms with Gasteiger partial charge >= 0.3 is 5.97 Å². The molecule has 1 aliphatic heterocycles. The number of morpholine rings is 1. The van der Waals surface area contributed by atoms with Crippen LogP contribution in [0.1, 0.15) is 41.6 Å². The van der Waals surface area contributed by atoms with Crippen LogP contribution in [0.2, 0.25) is 0 Å². The molecule has 1 saturated carbocycles. The highest BCUT2D eigenvalue weighted by molar-refractivity contribution is 5.89. The second-order valence-electron chi connectivity index (χ2n) is 6.14. The van der Waals surface area contributed by atoms with Crippen LogP contribution in [0.5, 0.6) is 0 Å². The summed E-state index contributed by atoms with van der Waals surface area (Å²) in [5, 5.41) is 9.20. The molecule has 0 radical (unpaired) electrons. The molecule has 1 amide bonds. The number of benzene rings is 1. The van der Waals surface area contributed by atoms with Crippen molar-refractivity contribution in [2.75, 3.05) is 19.8 Å². The van der Waals surface area contributed by atoms with Crippen molar-refractivity contribution in [2.45, 2.75) is 37.6 Å². The SMILES string of the molecule is O=C(O)c1ccccc1CCC(=O)N1CCOCC12CCC2. The van der Waals surface area contributed by atoms with E-state index in [0.717, 1.165) is 24.8 Å². The van der Waals surface area contributed by atoms with Gasteiger partial charge in [-0.25, -0.2) is 4.79 Å². The maximum Gasteiger partial charge on any atom is 0.335 e. The topological polar surface area (TPSA) is 66.8 Å². The Morgan fingerprint density at radius 2 is 2.05 bits per heavy atom. The molecular weight excluding hydrogens is 282 g/mol. The van der Waals surface area contributed by atoms with Crippen LogP contribution in [0, 0.1) is 0 Å². The number of hydrogen-bond acceptors (Lipinski definition) is 3. The molecule has 1 heterocycles. The summed E-state index contributed by atoms with van der Waals surface area (Å²) in [5.41, 5.74) is 0.927. The van der Waals surface area contributed by atoms with E-state index in [2.05, 4.69) is 0 Å². The molecule has 118 valence electrons. The van der Waals surface area contributed by atoms with Gasteiger partial charge in [0.05, 0.1) is 24.3 Å². The lowest BCUT2D eigenvalue weighted by atomic mass is 9.75. The number of carbonyl (C=O) groups is 2. The van der Waals surface area contributed by atoms with Gasteiger partial charge in [-0.3, -0.25) is 4.79 Å². The van der Waals surface area contributed by atoms with Gasteiger partial charge in [-0.1, -0.05) is 18.2 Å². The van der Waals surface area contributed by atoms with Gasteiger partial charge in [0.15, 0.2) is 0 Å². The Labute approximate surface area is 129 Å². The normalized spacial score (nSPS) is 19.7. The van der Waals surface area contributed by atoms with Crippen molar-refractivity contribution in [1.82, 2.24) is 4.90 Å². The smallest absolute Gasteiger partial charge is 0.335 e. The lowest BCUT2D eigenvalue weighted by Crippen LogP contribution is -2.62. The highest BCUT2D eigenvalue weighted by Gasteiger charge is 2.46. The minimum absolute atomic E-state index is 0.0817. The van der Waals surface area contributed by atoms with E-state index in [9.17, 15) is 14.7 Å². The molecule has 1 aromatic carbocycles. The Morgan fingerprint density at radius 3 is 2.73 bits per heavy atom. The largest absolute Gasteiger partial charge is 0.478 e. The minimum Gasteiger partial charge on any atom is -0.478 e. The van der Waals surface area contributed by atoms with Crippen LogP contribution in [0.25, 0.3) is 0 Å². The minimum atomic E-state index is -0.940. The van der Waals surface area contributed by atoms with E-state index in [1.54, 1.807) is 18.2 Å². The Kier molecular flexibility index (Phi) is 4.16. The summed E-state index contributed by atoms with van der Waals surface area (Å²) >= 11 is 0. The van der Waals surface area contributed by atoms with Crippen LogP contribution in [-0.4, -0.2) is 47.2 Å². The molecule has 22 heavy (non-hydrogen) atoms. The van der Waals surface area contributed by atoms with Gasteiger partial charge < -0.3 is 14.7 Å². The average molecular weight is 303 g/mol. The molecule has 0 aromatic heterocycles. The number of carboxylic acid groups (broad SMARTS) is 1. The van der Waals surface area contributed by atoms with Crippen LogP contribution < -0.4 is 0 Å². The van der Waals surface area contributed by atoms with E-state index >= 15 is 0 Å². The molecule has 1 N–H and O–H groups in total. The molecule has 2 fully saturated rings. The number of carbonyl (C=O) groups excluding carboxylic acids is 1. The van der Waals surface area contributed by atoms with Crippen molar-refractivity contribution in [3.8, 4) is 0 Å². The molecule has 1 aromatic rings. The zero-order chi connectivity index (χ0) is 15.6. The van der Waals surface area contributed by atoms with Gasteiger partial charge in [0.1, 0.15) is 0 Å². The number of nitrogens with zero attached hydrogens (tertiary/aromatic N) is 1. The van der Waals surface area contributed by atoms with E-state index < -0.39 is 5.97 Å². The molecular formula is C17H21NO4. The summed E-state index contributed by atoms with van der Waals surface area (Å²) in [6.07, 6.45) is 4.00. The third-order valence-corrected chi connectivity index (χ3v) is 4.84. The Balaban J connectivity index is 1.66. The summed E-state index contributed by atoms with van der Waals surface area (Å²) in [6.45, 7) is 1.89. The molecule has 2 aliphatic rings. The first-order valence-electron chi connectivity index (χ1n) is 7.82. The third-order valence-electron chi connectivity index (χ3n) is 4.84. The van der Waals surface area contributed by atoms with Crippen LogP contribution in [0.3, 0.4) is 0 Å². The zero-order valence-electron chi connectivity index (χ0n) is 12.6. The number of aromatic carboxylic acids is 1. The zero-order valence-corrected chi connectivity index (χ0v) is 12.6. The fourth-order valence-electron chi connectivity index (χ4n) is 3.44. The van der Waals surface area contributed by atoms with E-state index in [-0.39, 0.29) is 17.0 Å². The molecule has 0 unspecified atom stereocenters. The van der Waals surface area contributed by atoms with Gasteiger partial charge in [0.25, 0.3) is 0 Å². The maximum absolute atomic E-state index is 12.6. The molecule has 0 atom stereocenters. The number of carboxylic acids is 1. The quantitative estimate of drug-likeness (QED) is 0.925. The van der Waals surface area contributed by atoms with Crippen molar-refractivity contribution >= 4 is 11.9 Å². The number of hydrogen-bond donors (Lipinski definition) is 1. The number of amides is 1. The van der Waals surface area contributed by atoms with Gasteiger partial charge in [-0.15, -0.1) is 0 Å². The fraction of sp³-hybridized carbons (Fsp3) is 0.529. The predicted molar refractivity (Wildman–Crippen MR) is 80.8 cm³/mol. The molecule has 5 nitrogen and oxygen atoms in total. The predicted octanol–water partition coefficient (Wildman–Crippen LogP) is 2.10. The summed E-state index contributed by atoms with van der Waals surface area (Å²) in [4.78, 5) is 25.8. The number of ether oxygens (including phenoxy) is 1. The van der Waals surface area contributed by atoms with E-state index in [4.69, 9.17) is 4.74 Å². The van der Waals surface area contributed by atoms with Crippen LogP contribution >= 0.6 is 0 Å². The highest BCUT2D eigenvalue weighted by Crippen LogP contribution is 2.40. The molecule has 3 rings (SSSR count). The van der Waals surface area contributed by atoms with E-state index in [0.29, 0.717) is 32.6 Å². The van der Waals surface area contributed by atoms with Gasteiger partial charge in [-0.2, -0.15) is 0 Å². The van der Waals surface area contributed by atoms with Crippen molar-refractivity contribution in [3.63, 3.8) is 0 Å². The Bertz CT molecular complexity index is 580. The average Bonchev–Trinajstić information content (AvgIpc) is 2.51. The second-order valence-corrected chi connectivity index (χ2v) is 6.14. The third kappa shape index (κ3) is 2.73. The van der Waals surface area contributed by atoms with Crippen molar-refractivity contribution < 1.29 is 19.4 Å². The Hall–Kier alpha value is -1.88. The van der Waals surface area contributed by atoms with Crippen LogP contribution in [0.15, 0.2) is 24.3 Å². The molecule has 1 aliphatic carbocycles. The maximum atomic E-state index is 12.6. The summed E-state index contributed by atoms with van der Waals surface area (Å²) < 4.78 is 5.55. The molecule has 1 spiro atoms. The van der Waals surface area contributed by atoms with E-state index in [1.807, 2.05) is 11.0 Å². The first-order valence-corrected chi connectivity index (χ1v) is 7.82. The fourth-order valence-corrected chi connectivity index (χ4v) is 3.44. The van der Waals surface area contributed by atoms with E-state index in [1.165, 1.54) is 0 Å². The van der Waals surface area contributed by atoms with Crippen molar-refractivity contribution in [1.29, 1.82) is 0 Å². The van der Waals surface area contributed by atoms with Gasteiger partial charge in [0.2, 0.25) is 5.91 Å². The summed E-state index contributed by atoms with van der Waals surface area (Å²) in [5.74, 6) is -0.826. The Morgan fingerprint density at radius 1 is 1.27 bits per heavy atom. The van der Waals surface area contributed by atoms with Crippen LogP contribution in [-0.2, 0) is 16.0 Å². The monoisotopic (exact) mass is 303 g/mol. The summed E-state index contributed by atoms with van der Waals surface area (Å²) in [7, 11) is 0. The van der Waals surface area contributed by atoms with Crippen LogP contribution in [0.4, 0.5) is 0 Å². The molecule has 1 saturated heterocycles. The summed E-state index contributed by atoms with van der Waals surface area (Å²) in [6, 6.07) is 6.90. The molecule has 0 bridgehead atoms. The molecule has 5 heteroatoms. The highest BCUT2D eigenvalue weighted by atomic mass is 16.5. The van der Waals surface area contributed by atoms with Gasteiger partial charge in [-0.05, 0) is 37.3 Å². The lowest BCUT2D eigenvalue weighted by Gasteiger charge is -2.52. The van der Waals surface area contributed by atoms with Crippen molar-refractivity contribution in [2.24, 2.45) is 0 Å². The first kappa shape index (κ1) is 15.0. The second kappa shape index (κ2) is 6.08. The van der Waals surface area contributed by atoms with Gasteiger partial charge in [0, 0.05) is 13.0 Å². The number of rotatable bonds is 4. The first-order chi connectivity index (χ1) is 10.6. The number of aryl methyl sites for hydroxylation is 1.